The van der Waals surface area contributed by atoms with Crippen molar-refractivity contribution in [2.24, 2.45) is 0 Å². The highest BCUT2D eigenvalue weighted by atomic mass is 35.5. The monoisotopic (exact) mass is 303 g/mol. The van der Waals surface area contributed by atoms with Crippen molar-refractivity contribution >= 4 is 23.3 Å². The Labute approximate surface area is 129 Å². The second-order valence-electron chi connectivity index (χ2n) is 4.72. The summed E-state index contributed by atoms with van der Waals surface area (Å²) in [5.74, 6) is -0.318. The topological polar surface area (TPSA) is 38.3 Å². The third-order valence-corrected chi connectivity index (χ3v) is 3.41. The molecule has 0 radical (unpaired) electrons. The van der Waals surface area contributed by atoms with Gasteiger partial charge in [-0.3, -0.25) is 0 Å². The molecule has 0 aliphatic carbocycles. The molecule has 0 fully saturated rings. The number of benzene rings is 2. The van der Waals surface area contributed by atoms with E-state index in [1.807, 2.05) is 55.5 Å². The molecule has 21 heavy (non-hydrogen) atoms. The van der Waals surface area contributed by atoms with Crippen LogP contribution in [0.4, 0.5) is 5.69 Å². The maximum Gasteiger partial charge on any atom is 0.333 e. The van der Waals surface area contributed by atoms with Crippen LogP contribution in [0.3, 0.4) is 0 Å². The maximum absolute atomic E-state index is 12.2. The molecule has 0 bridgehead atoms. The molecule has 0 aliphatic heterocycles. The van der Waals surface area contributed by atoms with E-state index >= 15 is 0 Å². The van der Waals surface area contributed by atoms with Gasteiger partial charge < -0.3 is 10.1 Å². The van der Waals surface area contributed by atoms with E-state index in [0.717, 1.165) is 16.8 Å². The fourth-order valence-corrected chi connectivity index (χ4v) is 2.23. The first-order valence-electron chi connectivity index (χ1n) is 6.86. The van der Waals surface area contributed by atoms with Gasteiger partial charge in [-0.25, -0.2) is 4.79 Å². The molecule has 2 aromatic carbocycles. The van der Waals surface area contributed by atoms with Gasteiger partial charge in [-0.2, -0.15) is 0 Å². The lowest BCUT2D eigenvalue weighted by Crippen LogP contribution is -2.23. The number of hydrogen-bond donors (Lipinski definition) is 1. The lowest BCUT2D eigenvalue weighted by Gasteiger charge is -2.20. The van der Waals surface area contributed by atoms with Crippen molar-refractivity contribution < 1.29 is 9.53 Å². The molecule has 110 valence electrons. The summed E-state index contributed by atoms with van der Waals surface area (Å²) in [5.41, 5.74) is 2.63. The smallest absolute Gasteiger partial charge is 0.333 e. The predicted molar refractivity (Wildman–Crippen MR) is 85.6 cm³/mol. The molecule has 0 saturated heterocycles. The number of anilines is 1. The van der Waals surface area contributed by atoms with Crippen molar-refractivity contribution in [2.45, 2.75) is 19.9 Å². The van der Waals surface area contributed by atoms with Gasteiger partial charge in [-0.15, -0.1) is 0 Å². The Hall–Kier alpha value is -2.00. The fraction of sp³-hybridized carbons (Fsp3) is 0.235. The van der Waals surface area contributed by atoms with E-state index in [4.69, 9.17) is 16.3 Å². The van der Waals surface area contributed by atoms with Crippen molar-refractivity contribution in [3.8, 4) is 0 Å². The summed E-state index contributed by atoms with van der Waals surface area (Å²) in [6, 6.07) is 14.5. The van der Waals surface area contributed by atoms with Gasteiger partial charge in [0, 0.05) is 0 Å². The molecule has 1 unspecified atom stereocenters. The molecular weight excluding hydrogens is 286 g/mol. The third-order valence-electron chi connectivity index (χ3n) is 3.08. The minimum absolute atomic E-state index is 0.318. The molecule has 0 amide bonds. The number of halogens is 1. The van der Waals surface area contributed by atoms with Crippen molar-refractivity contribution in [3.05, 3.63) is 64.7 Å². The summed E-state index contributed by atoms with van der Waals surface area (Å²) in [6.07, 6.45) is 0. The Balaban J connectivity index is 2.32. The van der Waals surface area contributed by atoms with Crippen LogP contribution in [-0.2, 0) is 9.53 Å². The number of esters is 1. The van der Waals surface area contributed by atoms with Gasteiger partial charge in [-0.05, 0) is 37.1 Å². The molecule has 0 saturated carbocycles. The molecule has 1 N–H and O–H groups in total. The molecule has 3 nitrogen and oxygen atoms in total. The van der Waals surface area contributed by atoms with E-state index in [1.165, 1.54) is 0 Å². The number of hydrogen-bond acceptors (Lipinski definition) is 3. The van der Waals surface area contributed by atoms with Gasteiger partial charge in [0.2, 0.25) is 0 Å². The number of carbonyl (C=O) groups excluding carboxylic acids is 1. The van der Waals surface area contributed by atoms with Gasteiger partial charge >= 0.3 is 5.97 Å². The summed E-state index contributed by atoms with van der Waals surface area (Å²) >= 11 is 6.19. The molecule has 0 aromatic heterocycles. The highest BCUT2D eigenvalue weighted by Gasteiger charge is 2.22. The summed E-state index contributed by atoms with van der Waals surface area (Å²) in [5, 5.41) is 3.76. The summed E-state index contributed by atoms with van der Waals surface area (Å²) < 4.78 is 5.16. The van der Waals surface area contributed by atoms with Gasteiger partial charge in [0.25, 0.3) is 0 Å². The van der Waals surface area contributed by atoms with Crippen LogP contribution in [0, 0.1) is 6.92 Å². The summed E-state index contributed by atoms with van der Waals surface area (Å²) in [4.78, 5) is 12.2. The predicted octanol–water partition coefficient (Wildman–Crippen LogP) is 4.36. The fourth-order valence-electron chi connectivity index (χ4n) is 2.05. The number of aryl methyl sites for hydroxylation is 1. The van der Waals surface area contributed by atoms with Crippen LogP contribution in [0.1, 0.15) is 24.1 Å². The van der Waals surface area contributed by atoms with E-state index in [1.54, 1.807) is 6.92 Å². The Bertz CT molecular complexity index is 613. The molecule has 0 aliphatic rings. The first-order chi connectivity index (χ1) is 10.1. The van der Waals surface area contributed by atoms with Gasteiger partial charge in [0.15, 0.2) is 6.04 Å². The minimum atomic E-state index is -0.578. The molecular formula is C17H18ClNO2. The largest absolute Gasteiger partial charge is 0.464 e. The Morgan fingerprint density at radius 1 is 1.24 bits per heavy atom. The average Bonchev–Trinajstić information content (AvgIpc) is 2.49. The first kappa shape index (κ1) is 15.4. The number of nitrogens with one attached hydrogen (secondary N) is 1. The van der Waals surface area contributed by atoms with Crippen LogP contribution in [0.15, 0.2) is 48.5 Å². The van der Waals surface area contributed by atoms with Crippen LogP contribution >= 0.6 is 11.6 Å². The van der Waals surface area contributed by atoms with Crippen LogP contribution < -0.4 is 5.32 Å². The second kappa shape index (κ2) is 7.14. The van der Waals surface area contributed by atoms with E-state index in [-0.39, 0.29) is 5.97 Å². The van der Waals surface area contributed by atoms with Crippen molar-refractivity contribution in [1.29, 1.82) is 0 Å². The highest BCUT2D eigenvalue weighted by Crippen LogP contribution is 2.28. The Kier molecular flexibility index (Phi) is 5.23. The lowest BCUT2D eigenvalue weighted by molar-refractivity contribution is -0.144. The number of carbonyl (C=O) groups is 1. The van der Waals surface area contributed by atoms with Gasteiger partial charge in [0.1, 0.15) is 0 Å². The maximum atomic E-state index is 12.2. The molecule has 2 rings (SSSR count). The van der Waals surface area contributed by atoms with Crippen LogP contribution in [0.2, 0.25) is 5.02 Å². The minimum Gasteiger partial charge on any atom is -0.464 e. The zero-order chi connectivity index (χ0) is 15.2. The van der Waals surface area contributed by atoms with Crippen LogP contribution in [0.25, 0.3) is 0 Å². The highest BCUT2D eigenvalue weighted by molar-refractivity contribution is 6.33. The van der Waals surface area contributed by atoms with E-state index < -0.39 is 6.04 Å². The second-order valence-corrected chi connectivity index (χ2v) is 5.13. The zero-order valence-corrected chi connectivity index (χ0v) is 12.9. The summed E-state index contributed by atoms with van der Waals surface area (Å²) in [7, 11) is 0. The molecule has 0 heterocycles. The quantitative estimate of drug-likeness (QED) is 0.834. The number of ether oxygens (including phenoxy) is 1. The van der Waals surface area contributed by atoms with Gasteiger partial charge in [-0.1, -0.05) is 48.0 Å². The van der Waals surface area contributed by atoms with E-state index in [0.29, 0.717) is 11.6 Å². The lowest BCUT2D eigenvalue weighted by atomic mass is 10.1. The summed E-state index contributed by atoms with van der Waals surface area (Å²) in [6.45, 7) is 4.11. The Morgan fingerprint density at radius 2 is 1.95 bits per heavy atom. The van der Waals surface area contributed by atoms with Crippen LogP contribution in [0.5, 0.6) is 0 Å². The molecule has 4 heteroatoms. The van der Waals surface area contributed by atoms with Crippen LogP contribution in [-0.4, -0.2) is 12.6 Å². The third kappa shape index (κ3) is 3.99. The first-order valence-corrected chi connectivity index (χ1v) is 7.24. The number of rotatable bonds is 5. The molecule has 0 spiro atoms. The van der Waals surface area contributed by atoms with E-state index in [9.17, 15) is 4.79 Å². The normalized spacial score (nSPS) is 11.8. The van der Waals surface area contributed by atoms with Crippen molar-refractivity contribution in [3.63, 3.8) is 0 Å². The van der Waals surface area contributed by atoms with Gasteiger partial charge in [0.05, 0.1) is 17.3 Å². The Morgan fingerprint density at radius 3 is 2.62 bits per heavy atom. The van der Waals surface area contributed by atoms with Crippen molar-refractivity contribution in [2.75, 3.05) is 11.9 Å². The SMILES string of the molecule is CCOC(=O)C(Nc1cc(C)ccc1Cl)c1ccccc1. The van der Waals surface area contributed by atoms with E-state index in [2.05, 4.69) is 5.32 Å². The van der Waals surface area contributed by atoms with Crippen molar-refractivity contribution in [1.82, 2.24) is 0 Å². The molecule has 1 atom stereocenters. The average molecular weight is 304 g/mol. The standard InChI is InChI=1S/C17H18ClNO2/c1-3-21-17(20)16(13-7-5-4-6-8-13)19-15-11-12(2)9-10-14(15)18/h4-11,16,19H,3H2,1-2H3. The zero-order valence-electron chi connectivity index (χ0n) is 12.1. The molecule has 2 aromatic rings.